The van der Waals surface area contributed by atoms with Crippen LogP contribution in [0.5, 0.6) is 5.75 Å². The molecular formula is C25H20N4O2. The average Bonchev–Trinajstić information content (AvgIpc) is 3.48. The van der Waals surface area contributed by atoms with Crippen molar-refractivity contribution in [2.75, 3.05) is 7.11 Å². The third kappa shape index (κ3) is 2.54. The van der Waals surface area contributed by atoms with Crippen LogP contribution in [0.3, 0.4) is 0 Å². The number of pyridine rings is 1. The number of hydrogen-bond acceptors (Lipinski definition) is 5. The summed E-state index contributed by atoms with van der Waals surface area (Å²) in [6.45, 7) is 4.59. The highest BCUT2D eigenvalue weighted by Crippen LogP contribution is 2.42. The summed E-state index contributed by atoms with van der Waals surface area (Å²) in [6, 6.07) is 12.5. The van der Waals surface area contributed by atoms with Gasteiger partial charge in [0.25, 0.3) is 0 Å². The highest BCUT2D eigenvalue weighted by Gasteiger charge is 2.21. The van der Waals surface area contributed by atoms with E-state index in [1.807, 2.05) is 32.3 Å². The molecule has 1 aliphatic rings. The Balaban J connectivity index is 1.67. The number of rotatable bonds is 3. The molecule has 1 N–H and O–H groups in total. The number of nitrogens with one attached hydrogen (secondary N) is 1. The van der Waals surface area contributed by atoms with Crippen LogP contribution in [-0.2, 0) is 6.54 Å². The van der Waals surface area contributed by atoms with Crippen molar-refractivity contribution in [3.05, 3.63) is 65.2 Å². The van der Waals surface area contributed by atoms with Gasteiger partial charge in [0.05, 0.1) is 36.1 Å². The molecule has 0 saturated heterocycles. The van der Waals surface area contributed by atoms with E-state index < -0.39 is 0 Å². The van der Waals surface area contributed by atoms with Gasteiger partial charge in [-0.1, -0.05) is 23.4 Å². The van der Waals surface area contributed by atoms with Gasteiger partial charge in [-0.25, -0.2) is 0 Å². The summed E-state index contributed by atoms with van der Waals surface area (Å²) in [5, 5.41) is 6.26. The van der Waals surface area contributed by atoms with E-state index in [9.17, 15) is 0 Å². The van der Waals surface area contributed by atoms with Crippen LogP contribution >= 0.6 is 0 Å². The standard InChI is InChI=1S/C25H20N4O2/c1-13-23(14(2)31-29-13)18-9-21-17(10-22(18)30-3)24-20(28-21)7-8-27-25(24)16-6-4-5-15-11-26-12-19(15)16/h4-10,12,28H,11H2,1-3H3. The first kappa shape index (κ1) is 17.9. The van der Waals surface area contributed by atoms with E-state index >= 15 is 0 Å². The van der Waals surface area contributed by atoms with Crippen LogP contribution in [-0.4, -0.2) is 28.4 Å². The molecule has 0 amide bonds. The van der Waals surface area contributed by atoms with Crippen LogP contribution in [0.4, 0.5) is 0 Å². The molecule has 0 spiro atoms. The molecule has 6 nitrogen and oxygen atoms in total. The van der Waals surface area contributed by atoms with Crippen molar-refractivity contribution in [3.8, 4) is 28.1 Å². The normalized spacial score (nSPS) is 12.7. The van der Waals surface area contributed by atoms with Crippen molar-refractivity contribution in [2.45, 2.75) is 20.4 Å². The van der Waals surface area contributed by atoms with Gasteiger partial charge in [-0.05, 0) is 37.6 Å². The molecule has 0 bridgehead atoms. The summed E-state index contributed by atoms with van der Waals surface area (Å²) in [7, 11) is 1.69. The number of ether oxygens (including phenoxy) is 1. The zero-order valence-corrected chi connectivity index (χ0v) is 17.5. The molecule has 0 atom stereocenters. The van der Waals surface area contributed by atoms with Crippen LogP contribution in [0, 0.1) is 13.8 Å². The minimum absolute atomic E-state index is 0.724. The van der Waals surface area contributed by atoms with E-state index in [1.54, 1.807) is 7.11 Å². The zero-order valence-electron chi connectivity index (χ0n) is 17.5. The second-order valence-corrected chi connectivity index (χ2v) is 7.85. The van der Waals surface area contributed by atoms with E-state index in [4.69, 9.17) is 14.2 Å². The fourth-order valence-electron chi connectivity index (χ4n) is 4.65. The molecule has 1 aliphatic heterocycles. The van der Waals surface area contributed by atoms with Crippen LogP contribution in [0.1, 0.15) is 22.6 Å². The highest BCUT2D eigenvalue weighted by atomic mass is 16.5. The number of aromatic amines is 1. The highest BCUT2D eigenvalue weighted by molar-refractivity contribution is 6.15. The van der Waals surface area contributed by atoms with Gasteiger partial charge >= 0.3 is 0 Å². The minimum Gasteiger partial charge on any atom is -0.496 e. The maximum Gasteiger partial charge on any atom is 0.141 e. The molecule has 6 heteroatoms. The molecule has 0 unspecified atom stereocenters. The predicted octanol–water partition coefficient (Wildman–Crippen LogP) is 5.60. The summed E-state index contributed by atoms with van der Waals surface area (Å²) >= 11 is 0. The molecule has 0 aliphatic carbocycles. The molecule has 2 aromatic carbocycles. The molecule has 31 heavy (non-hydrogen) atoms. The molecule has 3 aromatic heterocycles. The van der Waals surface area contributed by atoms with Crippen molar-refractivity contribution in [1.29, 1.82) is 0 Å². The van der Waals surface area contributed by atoms with Gasteiger partial charge in [-0.3, -0.25) is 9.98 Å². The Kier molecular flexibility index (Phi) is 3.77. The largest absolute Gasteiger partial charge is 0.496 e. The molecule has 5 aromatic rings. The SMILES string of the molecule is COc1cc2c(cc1-c1c(C)noc1C)[nH]c1ccnc(-c3cccc4c3C=NC4)c12. The Morgan fingerprint density at radius 2 is 1.97 bits per heavy atom. The first-order valence-corrected chi connectivity index (χ1v) is 10.2. The minimum atomic E-state index is 0.724. The van der Waals surface area contributed by atoms with Gasteiger partial charge in [-0.2, -0.15) is 0 Å². The molecule has 0 saturated carbocycles. The average molecular weight is 408 g/mol. The fraction of sp³-hybridized carbons (Fsp3) is 0.160. The topological polar surface area (TPSA) is 76.3 Å². The van der Waals surface area contributed by atoms with Gasteiger partial charge in [0, 0.05) is 45.4 Å². The van der Waals surface area contributed by atoms with Crippen molar-refractivity contribution >= 4 is 28.0 Å². The Bertz CT molecular complexity index is 1500. The van der Waals surface area contributed by atoms with Gasteiger partial charge < -0.3 is 14.2 Å². The van der Waals surface area contributed by atoms with Crippen molar-refractivity contribution < 1.29 is 9.26 Å². The third-order valence-electron chi connectivity index (χ3n) is 6.07. The predicted molar refractivity (Wildman–Crippen MR) is 122 cm³/mol. The lowest BCUT2D eigenvalue weighted by Crippen LogP contribution is -1.93. The maximum absolute atomic E-state index is 5.80. The zero-order chi connectivity index (χ0) is 21.1. The van der Waals surface area contributed by atoms with Crippen LogP contribution in [0.15, 0.2) is 52.1 Å². The van der Waals surface area contributed by atoms with Gasteiger partial charge in [0.1, 0.15) is 11.5 Å². The summed E-state index contributed by atoms with van der Waals surface area (Å²) in [5.74, 6) is 1.55. The monoisotopic (exact) mass is 408 g/mol. The van der Waals surface area contributed by atoms with Crippen LogP contribution in [0.2, 0.25) is 0 Å². The van der Waals surface area contributed by atoms with Crippen LogP contribution < -0.4 is 4.74 Å². The number of benzene rings is 2. The first-order chi connectivity index (χ1) is 15.2. The molecular weight excluding hydrogens is 388 g/mol. The summed E-state index contributed by atoms with van der Waals surface area (Å²) in [4.78, 5) is 12.8. The lowest BCUT2D eigenvalue weighted by atomic mass is 9.96. The number of H-pyrrole nitrogens is 1. The van der Waals surface area contributed by atoms with Gasteiger partial charge in [0.15, 0.2) is 0 Å². The number of hydrogen-bond donors (Lipinski definition) is 1. The second-order valence-electron chi connectivity index (χ2n) is 7.85. The summed E-state index contributed by atoms with van der Waals surface area (Å²) in [6.07, 6.45) is 3.81. The summed E-state index contributed by atoms with van der Waals surface area (Å²) < 4.78 is 11.2. The van der Waals surface area contributed by atoms with Crippen molar-refractivity contribution in [1.82, 2.24) is 15.1 Å². The molecule has 6 rings (SSSR count). The molecule has 4 heterocycles. The van der Waals surface area contributed by atoms with Gasteiger partial charge in [-0.15, -0.1) is 0 Å². The molecule has 0 fully saturated rings. The van der Waals surface area contributed by atoms with E-state index in [0.29, 0.717) is 0 Å². The summed E-state index contributed by atoms with van der Waals surface area (Å²) in [5.41, 5.74) is 9.23. The quantitative estimate of drug-likeness (QED) is 0.422. The lowest BCUT2D eigenvalue weighted by molar-refractivity contribution is 0.393. The van der Waals surface area contributed by atoms with E-state index in [-0.39, 0.29) is 0 Å². The Morgan fingerprint density at radius 3 is 2.77 bits per heavy atom. The van der Waals surface area contributed by atoms with E-state index in [0.717, 1.165) is 73.5 Å². The maximum atomic E-state index is 5.80. The van der Waals surface area contributed by atoms with Crippen LogP contribution in [0.25, 0.3) is 44.2 Å². The smallest absolute Gasteiger partial charge is 0.141 e. The number of aromatic nitrogens is 3. The third-order valence-corrected chi connectivity index (χ3v) is 6.07. The number of fused-ring (bicyclic) bond motifs is 4. The lowest BCUT2D eigenvalue weighted by Gasteiger charge is -2.10. The van der Waals surface area contributed by atoms with Crippen molar-refractivity contribution in [2.24, 2.45) is 4.99 Å². The number of aryl methyl sites for hydroxylation is 2. The Hall–Kier alpha value is -3.93. The fourth-order valence-corrected chi connectivity index (χ4v) is 4.65. The number of nitrogens with zero attached hydrogens (tertiary/aromatic N) is 3. The van der Waals surface area contributed by atoms with Crippen molar-refractivity contribution in [3.63, 3.8) is 0 Å². The molecule has 0 radical (unpaired) electrons. The Labute approximate surface area is 178 Å². The molecule has 152 valence electrons. The second kappa shape index (κ2) is 6.54. The number of methoxy groups -OCH3 is 1. The Morgan fingerprint density at radius 1 is 1.06 bits per heavy atom. The van der Waals surface area contributed by atoms with E-state index in [2.05, 4.69) is 45.5 Å². The number of aliphatic imine (C=N–C) groups is 1. The van der Waals surface area contributed by atoms with E-state index in [1.165, 1.54) is 5.56 Å². The first-order valence-electron chi connectivity index (χ1n) is 10.2. The van der Waals surface area contributed by atoms with Gasteiger partial charge in [0.2, 0.25) is 0 Å².